The van der Waals surface area contributed by atoms with Gasteiger partial charge in [-0.2, -0.15) is 0 Å². The molecule has 0 bridgehead atoms. The van der Waals surface area contributed by atoms with E-state index in [1.165, 1.54) is 17.3 Å². The van der Waals surface area contributed by atoms with Gasteiger partial charge in [0, 0.05) is 45.0 Å². The fourth-order valence-electron chi connectivity index (χ4n) is 3.39. The summed E-state index contributed by atoms with van der Waals surface area (Å²) in [7, 11) is 4.04. The molecule has 0 aliphatic rings. The second-order valence-electron chi connectivity index (χ2n) is 7.68. The van der Waals surface area contributed by atoms with Gasteiger partial charge in [-0.15, -0.1) is 10.2 Å². The van der Waals surface area contributed by atoms with Crippen molar-refractivity contribution in [3.8, 4) is 11.4 Å². The number of aromatic nitrogens is 3. The minimum absolute atomic E-state index is 0.104. The lowest BCUT2D eigenvalue weighted by Crippen LogP contribution is -2.31. The zero-order valence-electron chi connectivity index (χ0n) is 19.0. The Bertz CT molecular complexity index is 1010. The van der Waals surface area contributed by atoms with Crippen molar-refractivity contribution in [2.24, 2.45) is 0 Å². The minimum atomic E-state index is 0.104. The van der Waals surface area contributed by atoms with Gasteiger partial charge in [-0.05, 0) is 44.5 Å². The molecule has 0 saturated heterocycles. The fraction of sp³-hybridized carbons (Fsp3) is 0.375. The maximum absolute atomic E-state index is 12.9. The van der Waals surface area contributed by atoms with Crippen LogP contribution in [0.4, 0.5) is 5.69 Å². The van der Waals surface area contributed by atoms with Crippen molar-refractivity contribution in [2.75, 3.05) is 31.3 Å². The third-order valence-electron chi connectivity index (χ3n) is 5.19. The van der Waals surface area contributed by atoms with E-state index in [2.05, 4.69) is 69.9 Å². The molecular formula is C24H31N5OS. The molecule has 7 heteroatoms. The van der Waals surface area contributed by atoms with E-state index in [4.69, 9.17) is 0 Å². The molecule has 1 aromatic heterocycles. The highest BCUT2D eigenvalue weighted by Gasteiger charge is 2.17. The molecule has 0 unspecified atom stereocenters. The van der Waals surface area contributed by atoms with Crippen LogP contribution < -0.4 is 4.90 Å². The molecule has 3 rings (SSSR count). The van der Waals surface area contributed by atoms with Crippen LogP contribution in [-0.4, -0.2) is 52.0 Å². The summed E-state index contributed by atoms with van der Waals surface area (Å²) >= 11 is 1.45. The molecule has 1 amide bonds. The highest BCUT2D eigenvalue weighted by Crippen LogP contribution is 2.25. The summed E-state index contributed by atoms with van der Waals surface area (Å²) in [4.78, 5) is 16.8. The van der Waals surface area contributed by atoms with Gasteiger partial charge >= 0.3 is 0 Å². The highest BCUT2D eigenvalue weighted by molar-refractivity contribution is 7.99. The largest absolute Gasteiger partial charge is 0.378 e. The lowest BCUT2D eigenvalue weighted by atomic mass is 10.1. The molecule has 0 N–H and O–H groups in total. The van der Waals surface area contributed by atoms with Gasteiger partial charge in [0.25, 0.3) is 0 Å². The van der Waals surface area contributed by atoms with Crippen LogP contribution in [0.3, 0.4) is 0 Å². The molecule has 1 heterocycles. The number of aryl methyl sites for hydroxylation is 1. The van der Waals surface area contributed by atoms with Crippen LogP contribution in [0.2, 0.25) is 0 Å². The van der Waals surface area contributed by atoms with Crippen molar-refractivity contribution in [1.29, 1.82) is 0 Å². The number of nitrogens with zero attached hydrogens (tertiary/aromatic N) is 5. The fourth-order valence-corrected chi connectivity index (χ4v) is 4.30. The monoisotopic (exact) mass is 437 g/mol. The lowest BCUT2D eigenvalue weighted by molar-refractivity contribution is -0.128. The first kappa shape index (κ1) is 22.9. The van der Waals surface area contributed by atoms with Crippen LogP contribution in [-0.2, 0) is 17.9 Å². The number of rotatable bonds is 9. The van der Waals surface area contributed by atoms with Gasteiger partial charge in [0.1, 0.15) is 0 Å². The maximum Gasteiger partial charge on any atom is 0.233 e. The third kappa shape index (κ3) is 5.67. The Kier molecular flexibility index (Phi) is 7.74. The van der Waals surface area contributed by atoms with Crippen LogP contribution in [0, 0.1) is 6.92 Å². The summed E-state index contributed by atoms with van der Waals surface area (Å²) in [6, 6.07) is 16.6. The Labute approximate surface area is 189 Å². The second kappa shape index (κ2) is 10.5. The molecule has 0 aliphatic heterocycles. The molecule has 0 spiro atoms. The van der Waals surface area contributed by atoms with Crippen LogP contribution in [0.5, 0.6) is 0 Å². The van der Waals surface area contributed by atoms with Gasteiger partial charge in [0.2, 0.25) is 5.91 Å². The highest BCUT2D eigenvalue weighted by atomic mass is 32.2. The molecule has 0 saturated carbocycles. The SMILES string of the molecule is CCN(Cc1ccc(N(C)C)cc1)C(=O)CSc1nnc(-c2cccc(C)c2)n1CC. The molecule has 0 fully saturated rings. The molecule has 0 atom stereocenters. The van der Waals surface area contributed by atoms with E-state index in [0.29, 0.717) is 18.8 Å². The first-order chi connectivity index (χ1) is 14.9. The van der Waals surface area contributed by atoms with Gasteiger partial charge in [-0.3, -0.25) is 4.79 Å². The van der Waals surface area contributed by atoms with Gasteiger partial charge in [0.15, 0.2) is 11.0 Å². The summed E-state index contributed by atoms with van der Waals surface area (Å²) in [6.45, 7) is 8.19. The van der Waals surface area contributed by atoms with E-state index in [0.717, 1.165) is 34.3 Å². The Hall–Kier alpha value is -2.80. The molecular weight excluding hydrogens is 406 g/mol. The maximum atomic E-state index is 12.9. The topological polar surface area (TPSA) is 54.3 Å². The van der Waals surface area contributed by atoms with Gasteiger partial charge < -0.3 is 14.4 Å². The zero-order valence-corrected chi connectivity index (χ0v) is 19.8. The predicted octanol–water partition coefficient (Wildman–Crippen LogP) is 4.48. The first-order valence-electron chi connectivity index (χ1n) is 10.6. The number of thioether (sulfide) groups is 1. The van der Waals surface area contributed by atoms with Crippen molar-refractivity contribution >= 4 is 23.4 Å². The number of hydrogen-bond acceptors (Lipinski definition) is 5. The molecule has 3 aromatic rings. The molecule has 0 radical (unpaired) electrons. The van der Waals surface area contributed by atoms with Crippen molar-refractivity contribution in [2.45, 2.75) is 39.0 Å². The number of hydrogen-bond donors (Lipinski definition) is 0. The van der Waals surface area contributed by atoms with Crippen LogP contribution in [0.25, 0.3) is 11.4 Å². The molecule has 31 heavy (non-hydrogen) atoms. The average Bonchev–Trinajstić information content (AvgIpc) is 3.19. The summed E-state index contributed by atoms with van der Waals surface area (Å²) < 4.78 is 2.07. The van der Waals surface area contributed by atoms with Crippen LogP contribution >= 0.6 is 11.8 Å². The Morgan fingerprint density at radius 1 is 1.06 bits per heavy atom. The summed E-state index contributed by atoms with van der Waals surface area (Å²) in [5, 5.41) is 9.53. The molecule has 0 aliphatic carbocycles. The van der Waals surface area contributed by atoms with Crippen LogP contribution in [0.15, 0.2) is 53.7 Å². The number of benzene rings is 2. The zero-order chi connectivity index (χ0) is 22.4. The summed E-state index contributed by atoms with van der Waals surface area (Å²) in [5.41, 5.74) is 4.51. The number of anilines is 1. The standard InChI is InChI=1S/C24H31N5OS/c1-6-28(16-19-11-13-21(14-12-19)27(4)5)22(30)17-31-24-26-25-23(29(24)7-2)20-10-8-9-18(3)15-20/h8-15H,6-7,16-17H2,1-5H3. The quantitative estimate of drug-likeness (QED) is 0.462. The molecule has 164 valence electrons. The average molecular weight is 438 g/mol. The van der Waals surface area contributed by atoms with Gasteiger partial charge in [-0.25, -0.2) is 0 Å². The van der Waals surface area contributed by atoms with E-state index in [-0.39, 0.29) is 5.91 Å². The van der Waals surface area contributed by atoms with Gasteiger partial charge in [-0.1, -0.05) is 47.7 Å². The first-order valence-corrected chi connectivity index (χ1v) is 11.6. The van der Waals surface area contributed by atoms with E-state index in [1.807, 2.05) is 38.1 Å². The van der Waals surface area contributed by atoms with E-state index < -0.39 is 0 Å². The van der Waals surface area contributed by atoms with Crippen molar-refractivity contribution in [3.63, 3.8) is 0 Å². The van der Waals surface area contributed by atoms with Gasteiger partial charge in [0.05, 0.1) is 5.75 Å². The minimum Gasteiger partial charge on any atom is -0.378 e. The predicted molar refractivity (Wildman–Crippen MR) is 128 cm³/mol. The van der Waals surface area contributed by atoms with Crippen molar-refractivity contribution < 1.29 is 4.79 Å². The van der Waals surface area contributed by atoms with Crippen molar-refractivity contribution in [3.05, 3.63) is 59.7 Å². The Morgan fingerprint density at radius 2 is 1.81 bits per heavy atom. The Morgan fingerprint density at radius 3 is 2.42 bits per heavy atom. The van der Waals surface area contributed by atoms with Crippen LogP contribution in [0.1, 0.15) is 25.0 Å². The lowest BCUT2D eigenvalue weighted by Gasteiger charge is -2.21. The second-order valence-corrected chi connectivity index (χ2v) is 8.62. The summed E-state index contributed by atoms with van der Waals surface area (Å²) in [5.74, 6) is 1.29. The summed E-state index contributed by atoms with van der Waals surface area (Å²) in [6.07, 6.45) is 0. The van der Waals surface area contributed by atoms with E-state index >= 15 is 0 Å². The van der Waals surface area contributed by atoms with E-state index in [9.17, 15) is 4.79 Å². The van der Waals surface area contributed by atoms with Crippen molar-refractivity contribution in [1.82, 2.24) is 19.7 Å². The smallest absolute Gasteiger partial charge is 0.233 e. The molecule has 2 aromatic carbocycles. The normalized spacial score (nSPS) is 10.9. The van der Waals surface area contributed by atoms with E-state index in [1.54, 1.807) is 0 Å². The third-order valence-corrected chi connectivity index (χ3v) is 6.15. The Balaban J connectivity index is 1.66. The number of amides is 1. The molecule has 6 nitrogen and oxygen atoms in total. The number of carbonyl (C=O) groups excluding carboxylic acids is 1. The number of carbonyl (C=O) groups is 1.